The zero-order valence-corrected chi connectivity index (χ0v) is 11.9. The van der Waals surface area contributed by atoms with Crippen LogP contribution in [0.25, 0.3) is 0 Å². The van der Waals surface area contributed by atoms with Crippen LogP contribution < -0.4 is 5.32 Å². The maximum Gasteiger partial charge on any atom is 0.164 e. The summed E-state index contributed by atoms with van der Waals surface area (Å²) >= 11 is 1.63. The molecule has 0 bridgehead atoms. The summed E-state index contributed by atoms with van der Waals surface area (Å²) in [6.45, 7) is 9.08. The Morgan fingerprint density at radius 1 is 1.44 bits per heavy atom. The van der Waals surface area contributed by atoms with Crippen molar-refractivity contribution in [2.24, 2.45) is 0 Å². The van der Waals surface area contributed by atoms with E-state index < -0.39 is 0 Å². The van der Waals surface area contributed by atoms with Crippen molar-refractivity contribution in [1.82, 2.24) is 5.32 Å². The van der Waals surface area contributed by atoms with Crippen molar-refractivity contribution < 1.29 is 4.79 Å². The van der Waals surface area contributed by atoms with Crippen LogP contribution in [-0.2, 0) is 0 Å². The van der Waals surface area contributed by atoms with Crippen LogP contribution in [0.15, 0.2) is 11.4 Å². The summed E-state index contributed by atoms with van der Waals surface area (Å²) in [5.41, 5.74) is 0.943. The molecule has 2 nitrogen and oxygen atoms in total. The number of hydrogen-bond donors (Lipinski definition) is 1. The largest absolute Gasteiger partial charge is 0.312 e. The van der Waals surface area contributed by atoms with Crippen molar-refractivity contribution in [3.05, 3.63) is 21.9 Å². The van der Waals surface area contributed by atoms with Gasteiger partial charge in [-0.15, -0.1) is 23.7 Å². The van der Waals surface area contributed by atoms with E-state index in [-0.39, 0.29) is 23.7 Å². The standard InChI is InChI=1S/C12H19NOS.ClH/c1-9-7-10(8-15-9)11(14)5-6-13-12(2,3)4;/h7-8,13H,5-6H2,1-4H3;1H. The normalized spacial score (nSPS) is 11.0. The van der Waals surface area contributed by atoms with Gasteiger partial charge in [-0.1, -0.05) is 0 Å². The number of carbonyl (C=O) groups excluding carboxylic acids is 1. The van der Waals surface area contributed by atoms with Crippen molar-refractivity contribution >= 4 is 29.5 Å². The van der Waals surface area contributed by atoms with Crippen LogP contribution in [0.1, 0.15) is 42.4 Å². The first-order valence-electron chi connectivity index (χ1n) is 5.22. The first kappa shape index (κ1) is 15.6. The van der Waals surface area contributed by atoms with Crippen LogP contribution in [0.2, 0.25) is 0 Å². The second-order valence-electron chi connectivity index (χ2n) is 4.80. The Bertz CT molecular complexity index is 341. The molecule has 1 heterocycles. The molecule has 16 heavy (non-hydrogen) atoms. The molecule has 1 aromatic rings. The summed E-state index contributed by atoms with van der Waals surface area (Å²) in [5.74, 6) is 0.233. The van der Waals surface area contributed by atoms with Gasteiger partial charge in [-0.3, -0.25) is 4.79 Å². The highest BCUT2D eigenvalue weighted by atomic mass is 35.5. The van der Waals surface area contributed by atoms with E-state index >= 15 is 0 Å². The van der Waals surface area contributed by atoms with Crippen molar-refractivity contribution in [1.29, 1.82) is 0 Å². The Morgan fingerprint density at radius 3 is 2.50 bits per heavy atom. The van der Waals surface area contributed by atoms with Crippen LogP contribution in [-0.4, -0.2) is 17.9 Å². The molecule has 1 N–H and O–H groups in total. The van der Waals surface area contributed by atoms with Gasteiger partial charge in [0, 0.05) is 34.3 Å². The molecule has 0 aromatic carbocycles. The van der Waals surface area contributed by atoms with Crippen LogP contribution in [0.3, 0.4) is 0 Å². The van der Waals surface area contributed by atoms with Gasteiger partial charge in [-0.05, 0) is 33.8 Å². The number of rotatable bonds is 4. The van der Waals surface area contributed by atoms with Gasteiger partial charge in [-0.25, -0.2) is 0 Å². The highest BCUT2D eigenvalue weighted by molar-refractivity contribution is 7.10. The third-order valence-corrected chi connectivity index (χ3v) is 2.92. The third-order valence-electron chi connectivity index (χ3n) is 2.06. The van der Waals surface area contributed by atoms with Gasteiger partial charge in [0.25, 0.3) is 0 Å². The molecule has 0 saturated heterocycles. The first-order chi connectivity index (χ1) is 6.88. The lowest BCUT2D eigenvalue weighted by molar-refractivity contribution is 0.0981. The maximum absolute atomic E-state index is 11.7. The van der Waals surface area contributed by atoms with Crippen molar-refractivity contribution in [2.75, 3.05) is 6.54 Å². The Balaban J connectivity index is 0.00000225. The molecule has 0 aliphatic heterocycles. The van der Waals surface area contributed by atoms with Crippen molar-refractivity contribution in [2.45, 2.75) is 39.7 Å². The average Bonchev–Trinajstić information content (AvgIpc) is 2.49. The summed E-state index contributed by atoms with van der Waals surface area (Å²) in [6.07, 6.45) is 0.577. The Morgan fingerprint density at radius 2 is 2.06 bits per heavy atom. The van der Waals surface area contributed by atoms with Crippen LogP contribution >= 0.6 is 23.7 Å². The maximum atomic E-state index is 11.7. The van der Waals surface area contributed by atoms with Gasteiger partial charge in [0.1, 0.15) is 0 Å². The summed E-state index contributed by atoms with van der Waals surface area (Å²) in [7, 11) is 0. The molecule has 4 heteroatoms. The second-order valence-corrected chi connectivity index (χ2v) is 5.91. The Labute approximate surface area is 108 Å². The van der Waals surface area contributed by atoms with E-state index in [0.29, 0.717) is 6.42 Å². The van der Waals surface area contributed by atoms with E-state index in [2.05, 4.69) is 26.1 Å². The minimum absolute atomic E-state index is 0. The minimum Gasteiger partial charge on any atom is -0.312 e. The number of halogens is 1. The molecule has 1 rings (SSSR count). The number of ketones is 1. The van der Waals surface area contributed by atoms with Crippen LogP contribution in [0.4, 0.5) is 0 Å². The lowest BCUT2D eigenvalue weighted by atomic mass is 10.1. The molecule has 0 spiro atoms. The summed E-state index contributed by atoms with van der Waals surface area (Å²) in [6, 6.07) is 1.96. The molecule has 0 fully saturated rings. The third kappa shape index (κ3) is 5.64. The first-order valence-corrected chi connectivity index (χ1v) is 6.10. The molecule has 0 atom stereocenters. The van der Waals surface area contributed by atoms with E-state index in [4.69, 9.17) is 0 Å². The SMILES string of the molecule is Cc1cc(C(=O)CCNC(C)(C)C)cs1.Cl. The molecule has 0 amide bonds. The molecule has 0 saturated carbocycles. The number of aryl methyl sites for hydroxylation is 1. The van der Waals surface area contributed by atoms with E-state index in [1.807, 2.05) is 18.4 Å². The number of thiophene rings is 1. The predicted octanol–water partition coefficient (Wildman–Crippen LogP) is 3.44. The molecular formula is C12H20ClNOS. The number of hydrogen-bond acceptors (Lipinski definition) is 3. The molecule has 0 radical (unpaired) electrons. The number of carbonyl (C=O) groups is 1. The highest BCUT2D eigenvalue weighted by Gasteiger charge is 2.11. The van der Waals surface area contributed by atoms with E-state index in [0.717, 1.165) is 12.1 Å². The van der Waals surface area contributed by atoms with Crippen LogP contribution in [0.5, 0.6) is 0 Å². The molecule has 0 unspecified atom stereocenters. The van der Waals surface area contributed by atoms with Gasteiger partial charge in [-0.2, -0.15) is 0 Å². The number of nitrogens with one attached hydrogen (secondary N) is 1. The molecule has 0 aliphatic rings. The summed E-state index contributed by atoms with van der Waals surface area (Å²) in [5, 5.41) is 5.25. The van der Waals surface area contributed by atoms with E-state index in [1.54, 1.807) is 11.3 Å². The zero-order chi connectivity index (χ0) is 11.5. The lowest BCUT2D eigenvalue weighted by Crippen LogP contribution is -2.37. The van der Waals surface area contributed by atoms with Crippen molar-refractivity contribution in [3.8, 4) is 0 Å². The minimum atomic E-state index is 0. The van der Waals surface area contributed by atoms with E-state index in [9.17, 15) is 4.79 Å². The molecule has 92 valence electrons. The fraction of sp³-hybridized carbons (Fsp3) is 0.583. The molecule has 1 aromatic heterocycles. The smallest absolute Gasteiger partial charge is 0.164 e. The average molecular weight is 262 g/mol. The summed E-state index contributed by atoms with van der Waals surface area (Å²) < 4.78 is 0. The van der Waals surface area contributed by atoms with Gasteiger partial charge >= 0.3 is 0 Å². The Kier molecular flexibility index (Phi) is 6.23. The summed E-state index contributed by atoms with van der Waals surface area (Å²) in [4.78, 5) is 12.9. The molecule has 0 aliphatic carbocycles. The van der Waals surface area contributed by atoms with Crippen LogP contribution in [0, 0.1) is 6.92 Å². The van der Waals surface area contributed by atoms with Crippen molar-refractivity contribution in [3.63, 3.8) is 0 Å². The Hall–Kier alpha value is -0.380. The zero-order valence-electron chi connectivity index (χ0n) is 10.3. The predicted molar refractivity (Wildman–Crippen MR) is 73.0 cm³/mol. The van der Waals surface area contributed by atoms with E-state index in [1.165, 1.54) is 4.88 Å². The van der Waals surface area contributed by atoms with Gasteiger partial charge in [0.15, 0.2) is 5.78 Å². The van der Waals surface area contributed by atoms with Gasteiger partial charge in [0.05, 0.1) is 0 Å². The number of Topliss-reactive ketones (excluding diaryl/α,β-unsaturated/α-hetero) is 1. The van der Waals surface area contributed by atoms with Gasteiger partial charge < -0.3 is 5.32 Å². The quantitative estimate of drug-likeness (QED) is 0.842. The fourth-order valence-electron chi connectivity index (χ4n) is 1.29. The highest BCUT2D eigenvalue weighted by Crippen LogP contribution is 2.14. The topological polar surface area (TPSA) is 29.1 Å². The lowest BCUT2D eigenvalue weighted by Gasteiger charge is -2.19. The fourth-order valence-corrected chi connectivity index (χ4v) is 1.99. The van der Waals surface area contributed by atoms with Gasteiger partial charge in [0.2, 0.25) is 0 Å². The second kappa shape index (κ2) is 6.38. The molecular weight excluding hydrogens is 242 g/mol. The monoisotopic (exact) mass is 261 g/mol.